The van der Waals surface area contributed by atoms with E-state index in [-0.39, 0.29) is 22.9 Å². The van der Waals surface area contributed by atoms with Crippen LogP contribution in [0.5, 0.6) is 0 Å². The van der Waals surface area contributed by atoms with Gasteiger partial charge in [-0.2, -0.15) is 0 Å². The molecule has 1 aliphatic heterocycles. The number of imide groups is 1. The highest BCUT2D eigenvalue weighted by molar-refractivity contribution is 6.23. The lowest BCUT2D eigenvalue weighted by Crippen LogP contribution is -2.25. The molecule has 122 valence electrons. The summed E-state index contributed by atoms with van der Waals surface area (Å²) in [6.45, 7) is 1.71. The van der Waals surface area contributed by atoms with E-state index in [9.17, 15) is 19.2 Å². The maximum absolute atomic E-state index is 12.4. The van der Waals surface area contributed by atoms with Gasteiger partial charge in [0.25, 0.3) is 23.3 Å². The van der Waals surface area contributed by atoms with Crippen LogP contribution in [0.15, 0.2) is 29.1 Å². The predicted octanol–water partition coefficient (Wildman–Crippen LogP) is -0.0287. The second-order valence-electron chi connectivity index (χ2n) is 5.36. The third-order valence-corrected chi connectivity index (χ3v) is 3.88. The van der Waals surface area contributed by atoms with Crippen molar-refractivity contribution in [1.29, 1.82) is 0 Å². The summed E-state index contributed by atoms with van der Waals surface area (Å²) in [6, 6.07) is 5.81. The molecule has 8 heteroatoms. The molecule has 3 amide bonds. The second-order valence-corrected chi connectivity index (χ2v) is 5.36. The molecule has 2 heterocycles. The van der Waals surface area contributed by atoms with Gasteiger partial charge in [-0.1, -0.05) is 0 Å². The normalized spacial score (nSPS) is 12.8. The second kappa shape index (κ2) is 5.34. The molecule has 1 aromatic carbocycles. The lowest BCUT2D eigenvalue weighted by Gasteiger charge is -2.14. The lowest BCUT2D eigenvalue weighted by atomic mass is 10.1. The maximum Gasteiger partial charge on any atom is 0.262 e. The van der Waals surface area contributed by atoms with Crippen molar-refractivity contribution in [2.75, 3.05) is 12.8 Å². The van der Waals surface area contributed by atoms with E-state index in [1.54, 1.807) is 25.1 Å². The molecule has 24 heavy (non-hydrogen) atoms. The molecule has 0 radical (unpaired) electrons. The molecular weight excluding hydrogens is 312 g/mol. The van der Waals surface area contributed by atoms with Crippen LogP contribution in [0, 0.1) is 6.92 Å². The summed E-state index contributed by atoms with van der Waals surface area (Å²) < 4.78 is 1.15. The van der Waals surface area contributed by atoms with E-state index in [4.69, 9.17) is 5.73 Å². The molecule has 2 aromatic rings. The van der Waals surface area contributed by atoms with Crippen LogP contribution in [0.2, 0.25) is 0 Å². The Kier molecular flexibility index (Phi) is 3.44. The van der Waals surface area contributed by atoms with Gasteiger partial charge in [-0.3, -0.25) is 29.1 Å². The molecule has 0 atom stereocenters. The first-order valence-corrected chi connectivity index (χ1v) is 7.09. The zero-order valence-corrected chi connectivity index (χ0v) is 13.0. The Labute approximate surface area is 136 Å². The summed E-state index contributed by atoms with van der Waals surface area (Å²) in [5.74, 6) is -1.65. The van der Waals surface area contributed by atoms with Crippen molar-refractivity contribution in [3.05, 3.63) is 56.9 Å². The Morgan fingerprint density at radius 2 is 1.88 bits per heavy atom. The van der Waals surface area contributed by atoms with Crippen LogP contribution in [0.3, 0.4) is 0 Å². The maximum atomic E-state index is 12.4. The van der Waals surface area contributed by atoms with E-state index in [0.29, 0.717) is 16.8 Å². The molecule has 3 rings (SSSR count). The van der Waals surface area contributed by atoms with E-state index in [0.717, 1.165) is 10.6 Å². The first-order chi connectivity index (χ1) is 11.3. The summed E-state index contributed by atoms with van der Waals surface area (Å²) in [7, 11) is 1.52. The molecule has 0 unspecified atom stereocenters. The van der Waals surface area contributed by atoms with Gasteiger partial charge in [-0.25, -0.2) is 0 Å². The molecule has 1 aromatic heterocycles. The van der Waals surface area contributed by atoms with Crippen molar-refractivity contribution < 1.29 is 14.4 Å². The van der Waals surface area contributed by atoms with Crippen LogP contribution in [-0.2, 0) is 0 Å². The van der Waals surface area contributed by atoms with Crippen LogP contribution in [0.25, 0.3) is 5.69 Å². The topological polar surface area (TPSA) is 123 Å². The number of nitrogens with one attached hydrogen (secondary N) is 2. The third-order valence-electron chi connectivity index (χ3n) is 3.88. The summed E-state index contributed by atoms with van der Waals surface area (Å²) >= 11 is 0. The van der Waals surface area contributed by atoms with E-state index in [1.165, 1.54) is 7.05 Å². The van der Waals surface area contributed by atoms with Gasteiger partial charge in [-0.15, -0.1) is 0 Å². The number of benzene rings is 1. The number of pyridine rings is 1. The number of nitrogen functional groups attached to an aromatic ring is 1. The first kappa shape index (κ1) is 15.5. The molecule has 1 aliphatic rings. The number of rotatable bonds is 2. The minimum Gasteiger partial charge on any atom is -0.384 e. The number of aryl methyl sites for hydroxylation is 1. The molecule has 0 bridgehead atoms. The SMILES string of the molecule is CNC(=O)c1ccc(-n2c(N)c3c(cc2=O)C(=O)NC3=O)c(C)c1. The number of amides is 3. The summed E-state index contributed by atoms with van der Waals surface area (Å²) in [6.07, 6.45) is 0. The predicted molar refractivity (Wildman–Crippen MR) is 86.4 cm³/mol. The number of fused-ring (bicyclic) bond motifs is 1. The highest BCUT2D eigenvalue weighted by atomic mass is 16.2. The minimum atomic E-state index is -0.641. The van der Waals surface area contributed by atoms with E-state index in [2.05, 4.69) is 10.6 Å². The van der Waals surface area contributed by atoms with Crippen molar-refractivity contribution in [3.8, 4) is 5.69 Å². The molecule has 0 saturated carbocycles. The molecular formula is C16H14N4O4. The number of nitrogens with two attached hydrogens (primary N) is 1. The Hall–Kier alpha value is -3.42. The van der Waals surface area contributed by atoms with E-state index >= 15 is 0 Å². The molecule has 0 spiro atoms. The summed E-state index contributed by atoms with van der Waals surface area (Å²) in [4.78, 5) is 47.6. The first-order valence-electron chi connectivity index (χ1n) is 7.09. The summed E-state index contributed by atoms with van der Waals surface area (Å²) in [5, 5.41) is 4.62. The Morgan fingerprint density at radius 3 is 2.50 bits per heavy atom. The Morgan fingerprint density at radius 1 is 1.17 bits per heavy atom. The number of carbonyl (C=O) groups is 3. The molecule has 0 saturated heterocycles. The zero-order chi connectivity index (χ0) is 17.6. The van der Waals surface area contributed by atoms with Gasteiger partial charge in [0.05, 0.1) is 16.8 Å². The van der Waals surface area contributed by atoms with Crippen molar-refractivity contribution in [3.63, 3.8) is 0 Å². The number of aromatic nitrogens is 1. The minimum absolute atomic E-state index is 0.0191. The monoisotopic (exact) mass is 326 g/mol. The fourth-order valence-corrected chi connectivity index (χ4v) is 2.72. The van der Waals surface area contributed by atoms with E-state index in [1.807, 2.05) is 0 Å². The van der Waals surface area contributed by atoms with Crippen LogP contribution >= 0.6 is 0 Å². The average molecular weight is 326 g/mol. The summed E-state index contributed by atoms with van der Waals surface area (Å²) in [5.41, 5.74) is 6.88. The van der Waals surface area contributed by atoms with Crippen molar-refractivity contribution >= 4 is 23.5 Å². The van der Waals surface area contributed by atoms with Gasteiger partial charge in [0, 0.05) is 18.7 Å². The van der Waals surface area contributed by atoms with E-state index < -0.39 is 17.4 Å². The number of hydrogen-bond acceptors (Lipinski definition) is 5. The fraction of sp³-hybridized carbons (Fsp3) is 0.125. The standard InChI is InChI=1S/C16H14N4O4/c1-7-5-8(14(22)18-2)3-4-10(7)20-11(21)6-9-12(13(20)17)16(24)19-15(9)23/h3-6H,17H2,1-2H3,(H,18,22)(H,19,23,24). The highest BCUT2D eigenvalue weighted by Crippen LogP contribution is 2.24. The third kappa shape index (κ3) is 2.16. The quantitative estimate of drug-likeness (QED) is 0.669. The van der Waals surface area contributed by atoms with Crippen LogP contribution < -0.4 is 21.9 Å². The molecule has 8 nitrogen and oxygen atoms in total. The lowest BCUT2D eigenvalue weighted by molar-refractivity contribution is 0.0878. The fourth-order valence-electron chi connectivity index (χ4n) is 2.72. The van der Waals surface area contributed by atoms with Crippen molar-refractivity contribution in [2.24, 2.45) is 0 Å². The van der Waals surface area contributed by atoms with Crippen molar-refractivity contribution in [1.82, 2.24) is 15.2 Å². The smallest absolute Gasteiger partial charge is 0.262 e. The van der Waals surface area contributed by atoms with Crippen molar-refractivity contribution in [2.45, 2.75) is 6.92 Å². The number of anilines is 1. The van der Waals surface area contributed by atoms with Gasteiger partial charge < -0.3 is 11.1 Å². The van der Waals surface area contributed by atoms with Gasteiger partial charge in [0.1, 0.15) is 5.82 Å². The van der Waals surface area contributed by atoms with Gasteiger partial charge >= 0.3 is 0 Å². The van der Waals surface area contributed by atoms with Crippen LogP contribution in [0.4, 0.5) is 5.82 Å². The highest BCUT2D eigenvalue weighted by Gasteiger charge is 2.32. The van der Waals surface area contributed by atoms with Gasteiger partial charge in [0.2, 0.25) is 0 Å². The Balaban J connectivity index is 2.24. The molecule has 4 N–H and O–H groups in total. The molecule has 0 aliphatic carbocycles. The van der Waals surface area contributed by atoms with Gasteiger partial charge in [0.15, 0.2) is 0 Å². The molecule has 0 fully saturated rings. The Bertz CT molecular complexity index is 975. The van der Waals surface area contributed by atoms with Crippen LogP contribution in [0.1, 0.15) is 36.6 Å². The van der Waals surface area contributed by atoms with Crippen LogP contribution in [-0.4, -0.2) is 29.3 Å². The number of hydrogen-bond donors (Lipinski definition) is 3. The zero-order valence-electron chi connectivity index (χ0n) is 13.0. The number of carbonyl (C=O) groups excluding carboxylic acids is 3. The largest absolute Gasteiger partial charge is 0.384 e. The average Bonchev–Trinajstić information content (AvgIpc) is 2.82. The number of nitrogens with zero attached hydrogens (tertiary/aromatic N) is 1. The van der Waals surface area contributed by atoms with Gasteiger partial charge in [-0.05, 0) is 30.7 Å².